The normalized spacial score (nSPS) is 19.1. The smallest absolute Gasteiger partial charge is 0.326 e. The molecule has 1 heterocycles. The molecule has 1 aliphatic rings. The largest absolute Gasteiger partial charge is 0.480 e. The predicted molar refractivity (Wildman–Crippen MR) is 81.8 cm³/mol. The van der Waals surface area contributed by atoms with E-state index in [2.05, 4.69) is 0 Å². The van der Waals surface area contributed by atoms with Gasteiger partial charge in [0, 0.05) is 30.7 Å². The van der Waals surface area contributed by atoms with Crippen LogP contribution in [0.5, 0.6) is 0 Å². The van der Waals surface area contributed by atoms with Gasteiger partial charge >= 0.3 is 5.97 Å². The number of carbonyl (C=O) groups excluding carboxylic acids is 2. The number of likely N-dealkylation sites (N-methyl/N-ethyl adjacent to an activating group) is 1. The van der Waals surface area contributed by atoms with Crippen LogP contribution in [0.25, 0.3) is 0 Å². The molecule has 0 aliphatic carbocycles. The molecule has 22 heavy (non-hydrogen) atoms. The Labute approximate surface area is 133 Å². The number of carbonyl (C=O) groups is 3. The van der Waals surface area contributed by atoms with Crippen LogP contribution in [0.3, 0.4) is 0 Å². The standard InChI is InChI=1S/C15H17ClN2O4/c1-9(15(21)22)17(2)14(20)10-7-13(19)18(8-10)12-5-3-11(16)4-6-12/h3-6,9-10H,7-8H2,1-2H3,(H,21,22). The molecule has 0 saturated carbocycles. The topological polar surface area (TPSA) is 77.9 Å². The molecule has 1 saturated heterocycles. The maximum absolute atomic E-state index is 12.3. The Balaban J connectivity index is 2.10. The van der Waals surface area contributed by atoms with Crippen molar-refractivity contribution in [1.29, 1.82) is 0 Å². The third-order valence-corrected chi connectivity index (χ3v) is 4.15. The van der Waals surface area contributed by atoms with Crippen molar-refractivity contribution in [2.24, 2.45) is 5.92 Å². The van der Waals surface area contributed by atoms with Crippen LogP contribution < -0.4 is 4.90 Å². The van der Waals surface area contributed by atoms with Crippen molar-refractivity contribution in [2.75, 3.05) is 18.5 Å². The lowest BCUT2D eigenvalue weighted by Gasteiger charge is -2.24. The highest BCUT2D eigenvalue weighted by atomic mass is 35.5. The van der Waals surface area contributed by atoms with Crippen LogP contribution >= 0.6 is 11.6 Å². The summed E-state index contributed by atoms with van der Waals surface area (Å²) in [5.41, 5.74) is 0.679. The van der Waals surface area contributed by atoms with Gasteiger partial charge in [0.1, 0.15) is 6.04 Å². The molecular formula is C15H17ClN2O4. The number of nitrogens with zero attached hydrogens (tertiary/aromatic N) is 2. The molecule has 1 N–H and O–H groups in total. The van der Waals surface area contributed by atoms with Gasteiger partial charge in [-0.15, -0.1) is 0 Å². The van der Waals surface area contributed by atoms with E-state index in [-0.39, 0.29) is 24.8 Å². The van der Waals surface area contributed by atoms with Crippen molar-refractivity contribution in [2.45, 2.75) is 19.4 Å². The molecule has 7 heteroatoms. The molecule has 1 aliphatic heterocycles. The molecule has 6 nitrogen and oxygen atoms in total. The molecule has 0 radical (unpaired) electrons. The van der Waals surface area contributed by atoms with Gasteiger partial charge in [-0.1, -0.05) is 11.6 Å². The fourth-order valence-electron chi connectivity index (χ4n) is 2.39. The second-order valence-electron chi connectivity index (χ2n) is 5.35. The third-order valence-electron chi connectivity index (χ3n) is 3.90. The molecule has 2 atom stereocenters. The highest BCUT2D eigenvalue weighted by molar-refractivity contribution is 6.30. The van der Waals surface area contributed by atoms with Gasteiger partial charge in [-0.3, -0.25) is 9.59 Å². The molecule has 0 spiro atoms. The van der Waals surface area contributed by atoms with Crippen molar-refractivity contribution >= 4 is 35.1 Å². The van der Waals surface area contributed by atoms with E-state index in [0.29, 0.717) is 10.7 Å². The van der Waals surface area contributed by atoms with Crippen LogP contribution in [0.15, 0.2) is 24.3 Å². The van der Waals surface area contributed by atoms with Crippen molar-refractivity contribution in [3.05, 3.63) is 29.3 Å². The summed E-state index contributed by atoms with van der Waals surface area (Å²) in [5.74, 6) is -2.10. The summed E-state index contributed by atoms with van der Waals surface area (Å²) in [5, 5.41) is 9.54. The Morgan fingerprint density at radius 2 is 1.95 bits per heavy atom. The van der Waals surface area contributed by atoms with E-state index in [9.17, 15) is 14.4 Å². The first-order valence-electron chi connectivity index (χ1n) is 6.86. The van der Waals surface area contributed by atoms with E-state index in [1.54, 1.807) is 24.3 Å². The number of aliphatic carboxylic acids is 1. The second kappa shape index (κ2) is 6.36. The first kappa shape index (κ1) is 16.3. The van der Waals surface area contributed by atoms with Crippen molar-refractivity contribution in [3.63, 3.8) is 0 Å². The van der Waals surface area contributed by atoms with Gasteiger partial charge in [0.2, 0.25) is 11.8 Å². The second-order valence-corrected chi connectivity index (χ2v) is 5.78. The Morgan fingerprint density at radius 1 is 1.36 bits per heavy atom. The quantitative estimate of drug-likeness (QED) is 0.913. The molecule has 2 unspecified atom stereocenters. The SMILES string of the molecule is CC(C(=O)O)N(C)C(=O)C1CC(=O)N(c2ccc(Cl)cc2)C1. The fourth-order valence-corrected chi connectivity index (χ4v) is 2.51. The lowest BCUT2D eigenvalue weighted by atomic mass is 10.1. The van der Waals surface area contributed by atoms with Gasteiger partial charge in [-0.05, 0) is 31.2 Å². The summed E-state index contributed by atoms with van der Waals surface area (Å²) >= 11 is 5.82. The summed E-state index contributed by atoms with van der Waals surface area (Å²) in [6.45, 7) is 1.68. The monoisotopic (exact) mass is 324 g/mol. The molecule has 0 aromatic heterocycles. The van der Waals surface area contributed by atoms with Crippen LogP contribution in [0.2, 0.25) is 5.02 Å². The van der Waals surface area contributed by atoms with E-state index in [1.807, 2.05) is 0 Å². The highest BCUT2D eigenvalue weighted by Gasteiger charge is 2.38. The summed E-state index contributed by atoms with van der Waals surface area (Å²) in [4.78, 5) is 38.1. The summed E-state index contributed by atoms with van der Waals surface area (Å²) in [6.07, 6.45) is 0.0815. The summed E-state index contributed by atoms with van der Waals surface area (Å²) < 4.78 is 0. The van der Waals surface area contributed by atoms with Gasteiger partial charge < -0.3 is 14.9 Å². The maximum atomic E-state index is 12.3. The number of halogens is 1. The number of anilines is 1. The Morgan fingerprint density at radius 3 is 2.50 bits per heavy atom. The number of benzene rings is 1. The van der Waals surface area contributed by atoms with E-state index < -0.39 is 17.9 Å². The molecule has 1 aromatic carbocycles. The summed E-state index contributed by atoms with van der Waals surface area (Å²) in [7, 11) is 1.44. The van der Waals surface area contributed by atoms with Crippen molar-refractivity contribution in [1.82, 2.24) is 4.90 Å². The fraction of sp³-hybridized carbons (Fsp3) is 0.400. The first-order valence-corrected chi connectivity index (χ1v) is 7.24. The minimum Gasteiger partial charge on any atom is -0.480 e. The predicted octanol–water partition coefficient (Wildman–Crippen LogP) is 1.62. The van der Waals surface area contributed by atoms with Crippen molar-refractivity contribution < 1.29 is 19.5 Å². The van der Waals surface area contributed by atoms with Crippen LogP contribution in [-0.2, 0) is 14.4 Å². The van der Waals surface area contributed by atoms with Crippen LogP contribution in [-0.4, -0.2) is 47.4 Å². The van der Waals surface area contributed by atoms with Crippen LogP contribution in [0.4, 0.5) is 5.69 Å². The molecule has 2 rings (SSSR count). The Hall–Kier alpha value is -2.08. The number of rotatable bonds is 4. The lowest BCUT2D eigenvalue weighted by molar-refractivity contribution is -0.149. The van der Waals surface area contributed by atoms with Crippen LogP contribution in [0.1, 0.15) is 13.3 Å². The molecule has 0 bridgehead atoms. The van der Waals surface area contributed by atoms with E-state index in [0.717, 1.165) is 0 Å². The van der Waals surface area contributed by atoms with E-state index >= 15 is 0 Å². The number of carboxylic acids is 1. The maximum Gasteiger partial charge on any atom is 0.326 e. The number of carboxylic acid groups (broad SMARTS) is 1. The zero-order valence-corrected chi connectivity index (χ0v) is 13.1. The number of amides is 2. The number of hydrogen-bond acceptors (Lipinski definition) is 3. The first-order chi connectivity index (χ1) is 10.3. The highest BCUT2D eigenvalue weighted by Crippen LogP contribution is 2.27. The Kier molecular flexibility index (Phi) is 4.71. The van der Waals surface area contributed by atoms with Gasteiger partial charge in [0.05, 0.1) is 5.92 Å². The zero-order chi connectivity index (χ0) is 16.4. The molecule has 1 aromatic rings. The van der Waals surface area contributed by atoms with Gasteiger partial charge in [-0.25, -0.2) is 4.79 Å². The van der Waals surface area contributed by atoms with Crippen LogP contribution in [0, 0.1) is 5.92 Å². The average Bonchev–Trinajstić information content (AvgIpc) is 2.87. The van der Waals surface area contributed by atoms with E-state index in [4.69, 9.17) is 16.7 Å². The van der Waals surface area contributed by atoms with Gasteiger partial charge in [0.15, 0.2) is 0 Å². The average molecular weight is 325 g/mol. The zero-order valence-electron chi connectivity index (χ0n) is 12.3. The molecule has 2 amide bonds. The minimum absolute atomic E-state index is 0.0815. The Bertz CT molecular complexity index is 602. The number of hydrogen-bond donors (Lipinski definition) is 1. The third kappa shape index (κ3) is 3.22. The summed E-state index contributed by atoms with van der Waals surface area (Å²) in [6, 6.07) is 5.87. The molecular weight excluding hydrogens is 308 g/mol. The van der Waals surface area contributed by atoms with Gasteiger partial charge in [-0.2, -0.15) is 0 Å². The minimum atomic E-state index is -1.07. The molecule has 118 valence electrons. The molecule has 1 fully saturated rings. The van der Waals surface area contributed by atoms with Crippen molar-refractivity contribution in [3.8, 4) is 0 Å². The van der Waals surface area contributed by atoms with Gasteiger partial charge in [0.25, 0.3) is 0 Å². The lowest BCUT2D eigenvalue weighted by Crippen LogP contribution is -2.43. The van der Waals surface area contributed by atoms with E-state index in [1.165, 1.54) is 23.8 Å².